The van der Waals surface area contributed by atoms with Gasteiger partial charge in [0.05, 0.1) is 12.2 Å². The first-order valence-electron chi connectivity index (χ1n) is 7.68. The number of nitrogens with one attached hydrogen (secondary N) is 1. The highest BCUT2D eigenvalue weighted by Crippen LogP contribution is 2.21. The average molecular weight is 284 g/mol. The maximum Gasteiger partial charge on any atom is 0.249 e. The molecule has 2 rings (SSSR count). The van der Waals surface area contributed by atoms with E-state index < -0.39 is 0 Å². The Morgan fingerprint density at radius 1 is 1.30 bits per heavy atom. The van der Waals surface area contributed by atoms with E-state index in [0.717, 1.165) is 25.9 Å². The normalized spacial score (nSPS) is 32.3. The smallest absolute Gasteiger partial charge is 0.249 e. The van der Waals surface area contributed by atoms with E-state index in [2.05, 4.69) is 37.9 Å². The van der Waals surface area contributed by atoms with Crippen LogP contribution in [0.25, 0.3) is 0 Å². The highest BCUT2D eigenvalue weighted by atomic mass is 16.5. The summed E-state index contributed by atoms with van der Waals surface area (Å²) < 4.78 is 11.2. The van der Waals surface area contributed by atoms with Crippen molar-refractivity contribution >= 4 is 5.91 Å². The van der Waals surface area contributed by atoms with Crippen molar-refractivity contribution in [3.63, 3.8) is 0 Å². The van der Waals surface area contributed by atoms with E-state index in [9.17, 15) is 4.79 Å². The lowest BCUT2D eigenvalue weighted by molar-refractivity contribution is -0.131. The molecular formula is C15H28N2O3. The Kier molecular flexibility index (Phi) is 5.04. The van der Waals surface area contributed by atoms with Gasteiger partial charge in [0.25, 0.3) is 0 Å². The molecule has 0 saturated carbocycles. The summed E-state index contributed by atoms with van der Waals surface area (Å²) in [6.07, 6.45) is 2.07. The van der Waals surface area contributed by atoms with Gasteiger partial charge in [-0.2, -0.15) is 0 Å². The van der Waals surface area contributed by atoms with E-state index in [1.54, 1.807) is 0 Å². The molecule has 20 heavy (non-hydrogen) atoms. The number of morpholine rings is 1. The van der Waals surface area contributed by atoms with Gasteiger partial charge < -0.3 is 14.8 Å². The third kappa shape index (κ3) is 3.93. The maximum absolute atomic E-state index is 12.0. The number of amides is 1. The van der Waals surface area contributed by atoms with Crippen LogP contribution >= 0.6 is 0 Å². The third-order valence-corrected chi connectivity index (χ3v) is 4.19. The van der Waals surface area contributed by atoms with E-state index in [1.165, 1.54) is 0 Å². The van der Waals surface area contributed by atoms with Crippen LogP contribution in [0.15, 0.2) is 0 Å². The highest BCUT2D eigenvalue weighted by molar-refractivity contribution is 5.81. The van der Waals surface area contributed by atoms with Gasteiger partial charge in [0, 0.05) is 31.8 Å². The minimum Gasteiger partial charge on any atom is -0.373 e. The highest BCUT2D eigenvalue weighted by Gasteiger charge is 2.34. The molecule has 1 amide bonds. The number of rotatable bonds is 4. The Bertz CT molecular complexity index is 330. The monoisotopic (exact) mass is 284 g/mol. The summed E-state index contributed by atoms with van der Waals surface area (Å²) >= 11 is 0. The zero-order valence-corrected chi connectivity index (χ0v) is 13.1. The van der Waals surface area contributed by atoms with Crippen LogP contribution in [-0.4, -0.2) is 60.9 Å². The largest absolute Gasteiger partial charge is 0.373 e. The summed E-state index contributed by atoms with van der Waals surface area (Å²) in [6, 6.07) is 0. The van der Waals surface area contributed by atoms with Gasteiger partial charge in [-0.1, -0.05) is 0 Å². The summed E-state index contributed by atoms with van der Waals surface area (Å²) in [5.74, 6) is 0.0323. The van der Waals surface area contributed by atoms with Crippen molar-refractivity contribution < 1.29 is 14.3 Å². The standard InChI is InChI=1S/C15H28N2O3/c1-11-8-17(9-12(2)20-11)15(3,4)10-16-14(18)13-6-5-7-19-13/h11-13H,5-10H2,1-4H3,(H,16,18). The molecule has 0 aromatic carbocycles. The summed E-state index contributed by atoms with van der Waals surface area (Å²) in [5, 5.41) is 3.05. The number of hydrogen-bond acceptors (Lipinski definition) is 4. The van der Waals surface area contributed by atoms with E-state index in [4.69, 9.17) is 9.47 Å². The molecule has 116 valence electrons. The van der Waals surface area contributed by atoms with Gasteiger partial charge in [0.1, 0.15) is 6.10 Å². The van der Waals surface area contributed by atoms with Gasteiger partial charge in [0.15, 0.2) is 0 Å². The predicted molar refractivity (Wildman–Crippen MR) is 77.6 cm³/mol. The van der Waals surface area contributed by atoms with Crippen molar-refractivity contribution in [3.8, 4) is 0 Å². The first-order valence-corrected chi connectivity index (χ1v) is 7.68. The van der Waals surface area contributed by atoms with Crippen molar-refractivity contribution in [3.05, 3.63) is 0 Å². The Balaban J connectivity index is 1.84. The van der Waals surface area contributed by atoms with E-state index >= 15 is 0 Å². The first kappa shape index (κ1) is 15.7. The molecule has 5 heteroatoms. The molecule has 0 bridgehead atoms. The van der Waals surface area contributed by atoms with Crippen molar-refractivity contribution in [2.24, 2.45) is 0 Å². The summed E-state index contributed by atoms with van der Waals surface area (Å²) in [5.41, 5.74) is -0.0689. The lowest BCUT2D eigenvalue weighted by atomic mass is 10.00. The molecule has 2 aliphatic rings. The van der Waals surface area contributed by atoms with Crippen LogP contribution in [0.1, 0.15) is 40.5 Å². The average Bonchev–Trinajstić information content (AvgIpc) is 2.88. The van der Waals surface area contributed by atoms with Crippen LogP contribution in [0.2, 0.25) is 0 Å². The molecule has 2 saturated heterocycles. The molecule has 1 N–H and O–H groups in total. The van der Waals surface area contributed by atoms with Crippen LogP contribution in [0.5, 0.6) is 0 Å². The second-order valence-electron chi connectivity index (χ2n) is 6.69. The molecule has 2 aliphatic heterocycles. The van der Waals surface area contributed by atoms with Crippen molar-refractivity contribution in [2.75, 3.05) is 26.2 Å². The van der Waals surface area contributed by atoms with E-state index in [0.29, 0.717) is 13.2 Å². The number of nitrogens with zero attached hydrogens (tertiary/aromatic N) is 1. The molecule has 0 aromatic heterocycles. The van der Waals surface area contributed by atoms with Gasteiger partial charge in [-0.3, -0.25) is 9.69 Å². The van der Waals surface area contributed by atoms with Crippen LogP contribution < -0.4 is 5.32 Å². The van der Waals surface area contributed by atoms with Crippen LogP contribution in [0, 0.1) is 0 Å². The van der Waals surface area contributed by atoms with E-state index in [-0.39, 0.29) is 29.8 Å². The number of ether oxygens (including phenoxy) is 2. The molecule has 3 unspecified atom stereocenters. The Morgan fingerprint density at radius 3 is 2.50 bits per heavy atom. The Labute approximate surface area is 122 Å². The maximum atomic E-state index is 12.0. The third-order valence-electron chi connectivity index (χ3n) is 4.19. The lowest BCUT2D eigenvalue weighted by Gasteiger charge is -2.45. The lowest BCUT2D eigenvalue weighted by Crippen LogP contribution is -2.59. The molecular weight excluding hydrogens is 256 g/mol. The minimum atomic E-state index is -0.242. The topological polar surface area (TPSA) is 50.8 Å². The second-order valence-corrected chi connectivity index (χ2v) is 6.69. The molecule has 2 heterocycles. The van der Waals surface area contributed by atoms with Crippen molar-refractivity contribution in [1.29, 1.82) is 0 Å². The molecule has 2 fully saturated rings. The quantitative estimate of drug-likeness (QED) is 0.842. The fourth-order valence-corrected chi connectivity index (χ4v) is 2.99. The zero-order valence-electron chi connectivity index (χ0n) is 13.1. The fraction of sp³-hybridized carbons (Fsp3) is 0.933. The summed E-state index contributed by atoms with van der Waals surface area (Å²) in [4.78, 5) is 14.4. The summed E-state index contributed by atoms with van der Waals surface area (Å²) in [7, 11) is 0. The fourth-order valence-electron chi connectivity index (χ4n) is 2.99. The molecule has 0 aliphatic carbocycles. The molecule has 0 radical (unpaired) electrons. The van der Waals surface area contributed by atoms with Gasteiger partial charge >= 0.3 is 0 Å². The van der Waals surface area contributed by atoms with Crippen molar-refractivity contribution in [2.45, 2.75) is 64.4 Å². The van der Waals surface area contributed by atoms with Crippen LogP contribution in [0.4, 0.5) is 0 Å². The number of hydrogen-bond donors (Lipinski definition) is 1. The molecule has 0 spiro atoms. The van der Waals surface area contributed by atoms with Crippen LogP contribution in [-0.2, 0) is 14.3 Å². The Hall–Kier alpha value is -0.650. The molecule has 3 atom stereocenters. The summed E-state index contributed by atoms with van der Waals surface area (Å²) in [6.45, 7) is 11.7. The number of carbonyl (C=O) groups excluding carboxylic acids is 1. The minimum absolute atomic E-state index is 0.0323. The molecule has 0 aromatic rings. The Morgan fingerprint density at radius 2 is 1.95 bits per heavy atom. The predicted octanol–water partition coefficient (Wildman–Crippen LogP) is 1.17. The van der Waals surface area contributed by atoms with Gasteiger partial charge in [0.2, 0.25) is 5.91 Å². The van der Waals surface area contributed by atoms with Gasteiger partial charge in [-0.15, -0.1) is 0 Å². The first-order chi connectivity index (χ1) is 9.38. The van der Waals surface area contributed by atoms with Crippen LogP contribution in [0.3, 0.4) is 0 Å². The van der Waals surface area contributed by atoms with E-state index in [1.807, 2.05) is 0 Å². The second kappa shape index (κ2) is 6.41. The molecule has 5 nitrogen and oxygen atoms in total. The van der Waals surface area contributed by atoms with Gasteiger partial charge in [-0.05, 0) is 40.5 Å². The van der Waals surface area contributed by atoms with Crippen molar-refractivity contribution in [1.82, 2.24) is 10.2 Å². The SMILES string of the molecule is CC1CN(C(C)(C)CNC(=O)C2CCCO2)CC(C)O1. The van der Waals surface area contributed by atoms with Gasteiger partial charge in [-0.25, -0.2) is 0 Å². The zero-order chi connectivity index (χ0) is 14.8. The number of carbonyl (C=O) groups is 1.